The fourth-order valence-electron chi connectivity index (χ4n) is 5.91. The van der Waals surface area contributed by atoms with Crippen molar-refractivity contribution in [1.82, 2.24) is 15.3 Å². The number of fused-ring (bicyclic) bond motifs is 1. The third-order valence-electron chi connectivity index (χ3n) is 8.04. The molecule has 5 aromatic rings. The maximum Gasteiger partial charge on any atom is 0.255 e. The minimum absolute atomic E-state index is 0.00737. The first-order valence-corrected chi connectivity index (χ1v) is 13.6. The number of ketones is 1. The molecular weight excluding hydrogens is 581 g/mol. The number of hydrogen-bond acceptors (Lipinski definition) is 5. The first kappa shape index (κ1) is 29.2. The largest absolute Gasteiger partial charge is 0.455 e. The average molecular weight is 606 g/mol. The molecule has 0 saturated heterocycles. The van der Waals surface area contributed by atoms with Crippen LogP contribution in [0.25, 0.3) is 33.4 Å². The minimum Gasteiger partial charge on any atom is -0.455 e. The zero-order chi connectivity index (χ0) is 31.4. The molecule has 44 heavy (non-hydrogen) atoms. The summed E-state index contributed by atoms with van der Waals surface area (Å²) in [7, 11) is 1.36. The van der Waals surface area contributed by atoms with E-state index in [9.17, 15) is 22.8 Å². The highest BCUT2D eigenvalue weighted by Crippen LogP contribution is 2.54. The fourth-order valence-corrected chi connectivity index (χ4v) is 5.91. The predicted molar refractivity (Wildman–Crippen MR) is 152 cm³/mol. The van der Waals surface area contributed by atoms with E-state index in [1.165, 1.54) is 74.9 Å². The number of alkyl halides is 2. The van der Waals surface area contributed by atoms with Crippen molar-refractivity contribution >= 4 is 22.7 Å². The SMILES string of the molecule is CNC(=O)c1c(-c2ccc(F)cc2)oc2ccc(-c3cc(C(=O)CC4(c5ncccn5)CC(F)(F)C4)cc(F)c3C)c(F)c12. The number of Topliss-reactive ketones (excluding diaryl/α,β-unsaturated/α-hetero) is 1. The number of nitrogens with one attached hydrogen (secondary N) is 1. The minimum atomic E-state index is -3.00. The summed E-state index contributed by atoms with van der Waals surface area (Å²) in [6.45, 7) is 1.41. The fraction of sp³-hybridized carbons (Fsp3) is 0.212. The summed E-state index contributed by atoms with van der Waals surface area (Å²) in [4.78, 5) is 34.7. The molecule has 224 valence electrons. The Labute approximate surface area is 247 Å². The van der Waals surface area contributed by atoms with Gasteiger partial charge in [0.05, 0.1) is 10.9 Å². The molecule has 0 radical (unpaired) electrons. The molecule has 1 aliphatic carbocycles. The molecule has 6 nitrogen and oxygen atoms in total. The number of carbonyl (C=O) groups excluding carboxylic acids is 2. The van der Waals surface area contributed by atoms with Crippen molar-refractivity contribution in [3.8, 4) is 22.5 Å². The van der Waals surface area contributed by atoms with E-state index in [0.29, 0.717) is 5.56 Å². The molecule has 1 amide bonds. The van der Waals surface area contributed by atoms with Crippen LogP contribution in [-0.2, 0) is 5.41 Å². The molecule has 0 atom stereocenters. The van der Waals surface area contributed by atoms with Crippen molar-refractivity contribution in [2.45, 2.75) is 37.5 Å². The number of halogens is 5. The van der Waals surface area contributed by atoms with Crippen LogP contribution in [-0.4, -0.2) is 34.6 Å². The van der Waals surface area contributed by atoms with Gasteiger partial charge in [0.1, 0.15) is 34.6 Å². The second kappa shape index (κ2) is 10.7. The lowest BCUT2D eigenvalue weighted by Gasteiger charge is -2.45. The summed E-state index contributed by atoms with van der Waals surface area (Å²) >= 11 is 0. The van der Waals surface area contributed by atoms with Crippen molar-refractivity contribution in [2.24, 2.45) is 0 Å². The Balaban J connectivity index is 1.45. The van der Waals surface area contributed by atoms with Crippen molar-refractivity contribution in [2.75, 3.05) is 7.05 Å². The summed E-state index contributed by atoms with van der Waals surface area (Å²) in [5.74, 6) is -6.42. The number of aromatic nitrogens is 2. The van der Waals surface area contributed by atoms with E-state index in [-0.39, 0.29) is 50.4 Å². The number of benzene rings is 3. The van der Waals surface area contributed by atoms with Crippen LogP contribution in [0.1, 0.15) is 51.4 Å². The van der Waals surface area contributed by atoms with Crippen LogP contribution < -0.4 is 5.32 Å². The molecule has 0 unspecified atom stereocenters. The molecule has 2 heterocycles. The van der Waals surface area contributed by atoms with Gasteiger partial charge in [-0.25, -0.2) is 31.9 Å². The van der Waals surface area contributed by atoms with Crippen LogP contribution in [0.5, 0.6) is 0 Å². The maximum atomic E-state index is 16.4. The molecular formula is C33H24F5N3O3. The van der Waals surface area contributed by atoms with E-state index in [4.69, 9.17) is 4.42 Å². The number of furan rings is 1. The van der Waals surface area contributed by atoms with Gasteiger partial charge in [-0.15, -0.1) is 0 Å². The van der Waals surface area contributed by atoms with Gasteiger partial charge < -0.3 is 9.73 Å². The van der Waals surface area contributed by atoms with Crippen molar-refractivity contribution in [3.63, 3.8) is 0 Å². The van der Waals surface area contributed by atoms with Crippen LogP contribution in [0.4, 0.5) is 22.0 Å². The number of amides is 1. The average Bonchev–Trinajstić information content (AvgIpc) is 3.39. The van der Waals surface area contributed by atoms with Crippen molar-refractivity contribution in [3.05, 3.63) is 107 Å². The molecule has 0 bridgehead atoms. The molecule has 3 aromatic carbocycles. The Hall–Kier alpha value is -4.93. The zero-order valence-corrected chi connectivity index (χ0v) is 23.5. The lowest BCUT2D eigenvalue weighted by Crippen LogP contribution is -2.51. The van der Waals surface area contributed by atoms with Gasteiger partial charge in [0, 0.05) is 60.8 Å². The van der Waals surface area contributed by atoms with Crippen LogP contribution in [0, 0.1) is 24.4 Å². The van der Waals surface area contributed by atoms with Gasteiger partial charge in [-0.05, 0) is 72.6 Å². The van der Waals surface area contributed by atoms with E-state index in [0.717, 1.165) is 6.07 Å². The van der Waals surface area contributed by atoms with Crippen LogP contribution in [0.15, 0.2) is 71.4 Å². The second-order valence-corrected chi connectivity index (χ2v) is 11.0. The van der Waals surface area contributed by atoms with Crippen molar-refractivity contribution < 1.29 is 36.0 Å². The van der Waals surface area contributed by atoms with Gasteiger partial charge in [0.2, 0.25) is 5.92 Å². The molecule has 1 saturated carbocycles. The quantitative estimate of drug-likeness (QED) is 0.153. The Morgan fingerprint density at radius 1 is 0.955 bits per heavy atom. The monoisotopic (exact) mass is 605 g/mol. The highest BCUT2D eigenvalue weighted by molar-refractivity contribution is 6.12. The van der Waals surface area contributed by atoms with Crippen LogP contribution in [0.2, 0.25) is 0 Å². The van der Waals surface area contributed by atoms with E-state index in [2.05, 4.69) is 15.3 Å². The third-order valence-corrected chi connectivity index (χ3v) is 8.04. The standard InChI is InChI=1S/C33H24F5N3O3/c1-17-22(12-19(13-23(17)35)24(42)14-32(15-33(37,38)16-32)31-40-10-3-11-41-31)21-8-9-25-26(28(21)36)27(30(43)39-2)29(44-25)18-4-6-20(34)7-5-18/h3-13H,14-16H2,1-2H3,(H,39,43). The first-order valence-electron chi connectivity index (χ1n) is 13.6. The molecule has 2 aromatic heterocycles. The highest BCUT2D eigenvalue weighted by atomic mass is 19.3. The molecule has 0 spiro atoms. The van der Waals surface area contributed by atoms with Gasteiger partial charge in [0.15, 0.2) is 5.78 Å². The Morgan fingerprint density at radius 2 is 1.64 bits per heavy atom. The Kier molecular flexibility index (Phi) is 7.06. The van der Waals surface area contributed by atoms with E-state index in [1.807, 2.05) is 0 Å². The van der Waals surface area contributed by atoms with E-state index in [1.54, 1.807) is 0 Å². The highest BCUT2D eigenvalue weighted by Gasteiger charge is 2.59. The maximum absolute atomic E-state index is 16.4. The van der Waals surface area contributed by atoms with Crippen molar-refractivity contribution in [1.29, 1.82) is 0 Å². The van der Waals surface area contributed by atoms with Gasteiger partial charge >= 0.3 is 0 Å². The first-order chi connectivity index (χ1) is 20.9. The number of carbonyl (C=O) groups is 2. The topological polar surface area (TPSA) is 85.1 Å². The summed E-state index contributed by atoms with van der Waals surface area (Å²) < 4.78 is 79.2. The van der Waals surface area contributed by atoms with E-state index >= 15 is 8.78 Å². The van der Waals surface area contributed by atoms with Gasteiger partial charge in [-0.3, -0.25) is 9.59 Å². The Morgan fingerprint density at radius 3 is 2.27 bits per heavy atom. The molecule has 11 heteroatoms. The van der Waals surface area contributed by atoms with Crippen LogP contribution in [0.3, 0.4) is 0 Å². The summed E-state index contributed by atoms with van der Waals surface area (Å²) in [6.07, 6.45) is 1.12. The summed E-state index contributed by atoms with van der Waals surface area (Å²) in [6, 6.07) is 11.7. The molecule has 6 rings (SSSR count). The normalized spacial score (nSPS) is 15.2. The van der Waals surface area contributed by atoms with Gasteiger partial charge in [-0.2, -0.15) is 0 Å². The summed E-state index contributed by atoms with van der Waals surface area (Å²) in [5, 5.41) is 2.27. The lowest BCUT2D eigenvalue weighted by atomic mass is 9.62. The molecule has 1 fully saturated rings. The smallest absolute Gasteiger partial charge is 0.255 e. The summed E-state index contributed by atoms with van der Waals surface area (Å²) in [5.41, 5.74) is -1.32. The molecule has 1 N–H and O–H groups in total. The predicted octanol–water partition coefficient (Wildman–Crippen LogP) is 7.58. The molecule has 1 aliphatic rings. The van der Waals surface area contributed by atoms with E-state index < -0.39 is 59.7 Å². The second-order valence-electron chi connectivity index (χ2n) is 11.0. The van der Waals surface area contributed by atoms with Gasteiger partial charge in [0.25, 0.3) is 5.91 Å². The zero-order valence-electron chi connectivity index (χ0n) is 23.5. The molecule has 0 aliphatic heterocycles. The number of nitrogens with zero attached hydrogens (tertiary/aromatic N) is 2. The third kappa shape index (κ3) is 4.91. The Bertz CT molecular complexity index is 1930. The number of rotatable bonds is 7. The van der Waals surface area contributed by atoms with Gasteiger partial charge in [-0.1, -0.05) is 0 Å². The number of hydrogen-bond donors (Lipinski definition) is 1. The van der Waals surface area contributed by atoms with Crippen LogP contribution >= 0.6 is 0 Å². The lowest BCUT2D eigenvalue weighted by molar-refractivity contribution is -0.128.